The van der Waals surface area contributed by atoms with E-state index in [0.29, 0.717) is 29.4 Å². The van der Waals surface area contributed by atoms with Crippen LogP contribution in [0.5, 0.6) is 0 Å². The van der Waals surface area contributed by atoms with Crippen LogP contribution in [0.15, 0.2) is 71.7 Å². The van der Waals surface area contributed by atoms with Crippen molar-refractivity contribution in [2.24, 2.45) is 0 Å². The van der Waals surface area contributed by atoms with Crippen molar-refractivity contribution in [2.45, 2.75) is 13.2 Å². The molecule has 1 N–H and O–H groups in total. The Morgan fingerprint density at radius 3 is 2.52 bits per heavy atom. The second-order valence-electron chi connectivity index (χ2n) is 6.06. The quantitative estimate of drug-likeness (QED) is 0.702. The minimum Gasteiger partial charge on any atom is -0.380 e. The van der Waals surface area contributed by atoms with Crippen LogP contribution in [0.2, 0.25) is 5.02 Å². The number of amides is 1. The Bertz CT molecular complexity index is 997. The van der Waals surface area contributed by atoms with Crippen LogP contribution in [0, 0.1) is 0 Å². The molecule has 27 heavy (non-hydrogen) atoms. The number of pyridine rings is 1. The molecule has 6 heteroatoms. The lowest BCUT2D eigenvalue weighted by Crippen LogP contribution is -2.21. The maximum Gasteiger partial charge on any atom is 0.255 e. The number of nitrogens with zero attached hydrogens (tertiary/aromatic N) is 1. The Hall–Kier alpha value is -2.89. The van der Waals surface area contributed by atoms with Gasteiger partial charge < -0.3 is 14.6 Å². The van der Waals surface area contributed by atoms with Gasteiger partial charge in [-0.3, -0.25) is 9.59 Å². The summed E-state index contributed by atoms with van der Waals surface area (Å²) in [5.41, 5.74) is 2.71. The van der Waals surface area contributed by atoms with Gasteiger partial charge in [0, 0.05) is 30.0 Å². The highest BCUT2D eigenvalue weighted by molar-refractivity contribution is 6.31. The fourth-order valence-corrected chi connectivity index (χ4v) is 2.86. The van der Waals surface area contributed by atoms with Gasteiger partial charge in [-0.15, -0.1) is 0 Å². The number of carbonyl (C=O) groups excluding carboxylic acids is 1. The third-order valence-corrected chi connectivity index (χ3v) is 4.44. The van der Waals surface area contributed by atoms with Crippen molar-refractivity contribution in [1.29, 1.82) is 0 Å². The molecule has 1 amide bonds. The van der Waals surface area contributed by atoms with E-state index < -0.39 is 0 Å². The van der Waals surface area contributed by atoms with Crippen LogP contribution in [0.1, 0.15) is 21.5 Å². The van der Waals surface area contributed by atoms with E-state index in [1.165, 1.54) is 10.6 Å². The third-order valence-electron chi connectivity index (χ3n) is 4.07. The van der Waals surface area contributed by atoms with E-state index in [4.69, 9.17) is 16.3 Å². The van der Waals surface area contributed by atoms with Gasteiger partial charge in [-0.05, 0) is 35.4 Å². The highest BCUT2D eigenvalue weighted by Crippen LogP contribution is 2.16. The van der Waals surface area contributed by atoms with Gasteiger partial charge in [0.05, 0.1) is 18.8 Å². The minimum atomic E-state index is -0.248. The number of nitrogens with one attached hydrogen (secondary N) is 1. The van der Waals surface area contributed by atoms with Gasteiger partial charge in [0.15, 0.2) is 0 Å². The Kier molecular flexibility index (Phi) is 6.06. The van der Waals surface area contributed by atoms with Crippen LogP contribution < -0.4 is 10.9 Å². The van der Waals surface area contributed by atoms with Crippen LogP contribution in [-0.2, 0) is 17.9 Å². The summed E-state index contributed by atoms with van der Waals surface area (Å²) in [6, 6.07) is 17.5. The van der Waals surface area contributed by atoms with Crippen molar-refractivity contribution in [3.05, 3.63) is 98.9 Å². The zero-order valence-electron chi connectivity index (χ0n) is 14.8. The van der Waals surface area contributed by atoms with Crippen LogP contribution in [-0.4, -0.2) is 17.6 Å². The molecule has 0 aliphatic heterocycles. The van der Waals surface area contributed by atoms with Gasteiger partial charge in [-0.1, -0.05) is 41.9 Å². The molecule has 0 atom stereocenters. The molecule has 2 aromatic carbocycles. The van der Waals surface area contributed by atoms with Gasteiger partial charge in [0.25, 0.3) is 11.5 Å². The largest absolute Gasteiger partial charge is 0.380 e. The van der Waals surface area contributed by atoms with Crippen molar-refractivity contribution in [3.8, 4) is 0 Å². The van der Waals surface area contributed by atoms with E-state index >= 15 is 0 Å². The number of methoxy groups -OCH3 is 1. The van der Waals surface area contributed by atoms with Gasteiger partial charge in [0.2, 0.25) is 0 Å². The lowest BCUT2D eigenvalue weighted by molar-refractivity contribution is 0.102. The molecule has 0 unspecified atom stereocenters. The molecular formula is C21H19ClN2O3. The Labute approximate surface area is 162 Å². The van der Waals surface area contributed by atoms with E-state index in [1.54, 1.807) is 37.6 Å². The molecule has 3 aromatic rings. The Balaban J connectivity index is 1.76. The summed E-state index contributed by atoms with van der Waals surface area (Å²) in [6.45, 7) is 0.822. The van der Waals surface area contributed by atoms with E-state index in [9.17, 15) is 9.59 Å². The molecule has 0 radical (unpaired) electrons. The molecule has 1 heterocycles. The summed E-state index contributed by atoms with van der Waals surface area (Å²) in [4.78, 5) is 24.6. The van der Waals surface area contributed by atoms with Crippen molar-refractivity contribution in [3.63, 3.8) is 0 Å². The number of halogens is 1. The number of benzene rings is 2. The summed E-state index contributed by atoms with van der Waals surface area (Å²) in [5, 5.41) is 3.41. The molecule has 0 spiro atoms. The van der Waals surface area contributed by atoms with Crippen LogP contribution in [0.25, 0.3) is 0 Å². The van der Waals surface area contributed by atoms with E-state index in [1.807, 2.05) is 30.3 Å². The van der Waals surface area contributed by atoms with Gasteiger partial charge >= 0.3 is 0 Å². The van der Waals surface area contributed by atoms with Gasteiger partial charge in [-0.25, -0.2) is 0 Å². The molecular weight excluding hydrogens is 364 g/mol. The number of hydrogen-bond acceptors (Lipinski definition) is 3. The zero-order valence-corrected chi connectivity index (χ0v) is 15.6. The molecule has 0 bridgehead atoms. The smallest absolute Gasteiger partial charge is 0.255 e. The Morgan fingerprint density at radius 2 is 1.81 bits per heavy atom. The fraction of sp³-hybridized carbons (Fsp3) is 0.143. The van der Waals surface area contributed by atoms with Crippen molar-refractivity contribution in [2.75, 3.05) is 12.4 Å². The lowest BCUT2D eigenvalue weighted by Gasteiger charge is -2.11. The van der Waals surface area contributed by atoms with E-state index in [2.05, 4.69) is 5.32 Å². The molecule has 1 aromatic heterocycles. The Morgan fingerprint density at radius 1 is 1.07 bits per heavy atom. The first-order chi connectivity index (χ1) is 13.1. The number of anilines is 1. The van der Waals surface area contributed by atoms with E-state index in [0.717, 1.165) is 11.1 Å². The van der Waals surface area contributed by atoms with Crippen LogP contribution >= 0.6 is 11.6 Å². The average Bonchev–Trinajstić information content (AvgIpc) is 2.67. The standard InChI is InChI=1S/C21H19ClN2O3/c1-27-14-15-6-8-16(9-7-15)21(26)23-18-10-11-20(25)24(13-18)12-17-4-2-3-5-19(17)22/h2-11,13H,12,14H2,1H3,(H,23,26). The number of ether oxygens (including phenoxy) is 1. The topological polar surface area (TPSA) is 60.3 Å². The first kappa shape index (κ1) is 18.9. The maximum atomic E-state index is 12.4. The fourth-order valence-electron chi connectivity index (χ4n) is 2.66. The SMILES string of the molecule is COCc1ccc(C(=O)Nc2ccc(=O)n(Cc3ccccc3Cl)c2)cc1. The highest BCUT2D eigenvalue weighted by atomic mass is 35.5. The number of carbonyl (C=O) groups is 1. The monoisotopic (exact) mass is 382 g/mol. The second-order valence-corrected chi connectivity index (χ2v) is 6.47. The molecule has 0 fully saturated rings. The first-order valence-corrected chi connectivity index (χ1v) is 8.78. The van der Waals surface area contributed by atoms with Crippen molar-refractivity contribution in [1.82, 2.24) is 4.57 Å². The van der Waals surface area contributed by atoms with Crippen molar-refractivity contribution < 1.29 is 9.53 Å². The zero-order chi connectivity index (χ0) is 19.2. The first-order valence-electron chi connectivity index (χ1n) is 8.40. The predicted molar refractivity (Wildman–Crippen MR) is 106 cm³/mol. The summed E-state index contributed by atoms with van der Waals surface area (Å²) in [5.74, 6) is -0.248. The summed E-state index contributed by atoms with van der Waals surface area (Å²) in [6.07, 6.45) is 1.61. The number of aromatic nitrogens is 1. The van der Waals surface area contributed by atoms with Crippen molar-refractivity contribution >= 4 is 23.2 Å². The average molecular weight is 383 g/mol. The van der Waals surface area contributed by atoms with Crippen LogP contribution in [0.4, 0.5) is 5.69 Å². The van der Waals surface area contributed by atoms with Crippen LogP contribution in [0.3, 0.4) is 0 Å². The highest BCUT2D eigenvalue weighted by Gasteiger charge is 2.08. The number of rotatable bonds is 6. The van der Waals surface area contributed by atoms with Gasteiger partial charge in [0.1, 0.15) is 0 Å². The third kappa shape index (κ3) is 4.84. The predicted octanol–water partition coefficient (Wildman–Crippen LogP) is 3.95. The molecule has 5 nitrogen and oxygen atoms in total. The molecule has 0 saturated carbocycles. The summed E-state index contributed by atoms with van der Waals surface area (Å²) < 4.78 is 6.58. The normalized spacial score (nSPS) is 10.6. The molecule has 0 aliphatic carbocycles. The maximum absolute atomic E-state index is 12.4. The molecule has 138 valence electrons. The lowest BCUT2D eigenvalue weighted by atomic mass is 10.1. The summed E-state index contributed by atoms with van der Waals surface area (Å²) in [7, 11) is 1.62. The summed E-state index contributed by atoms with van der Waals surface area (Å²) >= 11 is 6.17. The van der Waals surface area contributed by atoms with E-state index in [-0.39, 0.29) is 11.5 Å². The number of hydrogen-bond donors (Lipinski definition) is 1. The molecule has 3 rings (SSSR count). The molecule has 0 aliphatic rings. The van der Waals surface area contributed by atoms with Gasteiger partial charge in [-0.2, -0.15) is 0 Å². The molecule has 0 saturated heterocycles. The minimum absolute atomic E-state index is 0.170. The second kappa shape index (κ2) is 8.66.